The molecule has 1 N–H and O–H groups in total. The molecule has 0 saturated carbocycles. The number of nitro benzene ring substituents is 1. The summed E-state index contributed by atoms with van der Waals surface area (Å²) in [5, 5.41) is 10.8. The summed E-state index contributed by atoms with van der Waals surface area (Å²) < 4.78 is 59.3. The third-order valence-electron chi connectivity index (χ3n) is 3.12. The number of alkyl halides is 3. The Morgan fingerprint density at radius 3 is 2.50 bits per heavy atom. The van der Waals surface area contributed by atoms with Crippen LogP contribution in [0.1, 0.15) is 5.56 Å². The zero-order valence-corrected chi connectivity index (χ0v) is 16.4. The van der Waals surface area contributed by atoms with Crippen LogP contribution in [-0.4, -0.2) is 22.4 Å². The molecule has 0 aromatic heterocycles. The van der Waals surface area contributed by atoms with Gasteiger partial charge in [-0.1, -0.05) is 23.4 Å². The molecule has 2 rings (SSSR count). The molecular weight excluding hydrogens is 446 g/mol. The van der Waals surface area contributed by atoms with E-state index in [1.165, 1.54) is 12.1 Å². The van der Waals surface area contributed by atoms with Crippen LogP contribution in [-0.2, 0) is 15.3 Å². The molecule has 28 heavy (non-hydrogen) atoms. The molecule has 2 aromatic carbocycles. The zero-order valence-electron chi connectivity index (χ0n) is 14.0. The van der Waals surface area contributed by atoms with Crippen molar-refractivity contribution in [2.75, 3.05) is 12.6 Å². The maximum Gasteiger partial charge on any atom is 0.416 e. The molecule has 1 atom stereocenters. The van der Waals surface area contributed by atoms with Crippen LogP contribution in [0.5, 0.6) is 11.5 Å². The Hall–Kier alpha value is -1.78. The van der Waals surface area contributed by atoms with Gasteiger partial charge in [-0.15, -0.1) is 0 Å². The highest BCUT2D eigenvalue weighted by Gasteiger charge is 2.31. The van der Waals surface area contributed by atoms with Gasteiger partial charge in [0.05, 0.1) is 20.4 Å². The Morgan fingerprint density at radius 2 is 1.96 bits per heavy atom. The van der Waals surface area contributed by atoms with E-state index in [1.54, 1.807) is 0 Å². The fourth-order valence-corrected chi connectivity index (χ4v) is 3.73. The van der Waals surface area contributed by atoms with Crippen molar-refractivity contribution in [1.82, 2.24) is 0 Å². The fraction of sp³-hybridized carbons (Fsp3) is 0.200. The largest absolute Gasteiger partial charge is 0.456 e. The van der Waals surface area contributed by atoms with Gasteiger partial charge in [0.15, 0.2) is 0 Å². The third kappa shape index (κ3) is 6.39. The highest BCUT2D eigenvalue weighted by Crippen LogP contribution is 2.42. The molecule has 152 valence electrons. The summed E-state index contributed by atoms with van der Waals surface area (Å²) in [7, 11) is -3.76. The molecule has 0 aliphatic heterocycles. The monoisotopic (exact) mass is 457 g/mol. The summed E-state index contributed by atoms with van der Waals surface area (Å²) in [5.74, 6) is -0.349. The number of nitro groups is 1. The van der Waals surface area contributed by atoms with E-state index < -0.39 is 24.3 Å². The molecule has 0 aliphatic carbocycles. The second-order valence-corrected chi connectivity index (χ2v) is 8.56. The first kappa shape index (κ1) is 22.5. The van der Waals surface area contributed by atoms with Crippen molar-refractivity contribution in [2.24, 2.45) is 0 Å². The zero-order chi connectivity index (χ0) is 21.1. The minimum atomic E-state index is -4.56. The van der Waals surface area contributed by atoms with E-state index >= 15 is 0 Å². The molecule has 0 aliphatic rings. The van der Waals surface area contributed by atoms with Crippen LogP contribution in [0.4, 0.5) is 18.9 Å². The van der Waals surface area contributed by atoms with Gasteiger partial charge in [0, 0.05) is 18.8 Å². The highest BCUT2D eigenvalue weighted by molar-refractivity contribution is 7.99. The first-order chi connectivity index (χ1) is 12.9. The number of thioether (sulfide) groups is 1. The number of halogens is 4. The van der Waals surface area contributed by atoms with Crippen LogP contribution in [0.2, 0.25) is 5.02 Å². The molecule has 0 spiro atoms. The molecule has 13 heteroatoms. The number of hydrogen-bond acceptors (Lipinski definition) is 6. The molecule has 2 aromatic rings. The van der Waals surface area contributed by atoms with Crippen molar-refractivity contribution in [3.8, 4) is 11.5 Å². The summed E-state index contributed by atoms with van der Waals surface area (Å²) in [6.07, 6.45) is -4.56. The lowest BCUT2D eigenvalue weighted by molar-refractivity contribution is -0.387. The smallest absolute Gasteiger partial charge is 0.416 e. The molecular formula is C15H12ClF3NO6PS. The Morgan fingerprint density at radius 1 is 1.29 bits per heavy atom. The SMILES string of the molecule is CP(=O)(O)OCSc1cc(Oc2ccc(C(F)(F)F)cc2Cl)ccc1[N+](=O)[O-]. The van der Waals surface area contributed by atoms with Gasteiger partial charge in [0.1, 0.15) is 17.4 Å². The van der Waals surface area contributed by atoms with Crippen molar-refractivity contribution in [3.05, 3.63) is 57.1 Å². The number of rotatable bonds is 7. The molecule has 7 nitrogen and oxygen atoms in total. The number of nitrogens with zero attached hydrogens (tertiary/aromatic N) is 1. The van der Waals surface area contributed by atoms with Gasteiger partial charge in [-0.25, -0.2) is 0 Å². The van der Waals surface area contributed by atoms with Crippen molar-refractivity contribution in [1.29, 1.82) is 0 Å². The maximum absolute atomic E-state index is 12.7. The molecule has 0 radical (unpaired) electrons. The van der Waals surface area contributed by atoms with Crippen molar-refractivity contribution >= 4 is 36.6 Å². The lowest BCUT2D eigenvalue weighted by atomic mass is 10.2. The van der Waals surface area contributed by atoms with Crippen LogP contribution in [0.15, 0.2) is 41.3 Å². The van der Waals surface area contributed by atoms with Gasteiger partial charge in [-0.3, -0.25) is 19.2 Å². The van der Waals surface area contributed by atoms with Crippen molar-refractivity contribution < 1.29 is 36.8 Å². The average molecular weight is 458 g/mol. The predicted molar refractivity (Wildman–Crippen MR) is 97.2 cm³/mol. The summed E-state index contributed by atoms with van der Waals surface area (Å²) >= 11 is 6.60. The minimum absolute atomic E-state index is 0.0680. The Labute approximate surface area is 166 Å². The number of ether oxygens (including phenoxy) is 1. The molecule has 0 saturated heterocycles. The minimum Gasteiger partial charge on any atom is -0.456 e. The molecule has 0 heterocycles. The van der Waals surface area contributed by atoms with Gasteiger partial charge >= 0.3 is 13.8 Å². The van der Waals surface area contributed by atoms with E-state index in [4.69, 9.17) is 21.2 Å². The second-order valence-electron chi connectivity index (χ2n) is 5.33. The van der Waals surface area contributed by atoms with Gasteiger partial charge in [-0.05, 0) is 24.3 Å². The van der Waals surface area contributed by atoms with E-state index in [9.17, 15) is 27.9 Å². The Bertz CT molecular complexity index is 936. The normalized spacial score (nSPS) is 13.8. The summed E-state index contributed by atoms with van der Waals surface area (Å²) in [5.41, 5.74) is -1.25. The van der Waals surface area contributed by atoms with Crippen LogP contribution in [0.3, 0.4) is 0 Å². The lowest BCUT2D eigenvalue weighted by Crippen LogP contribution is -2.04. The second kappa shape index (κ2) is 8.71. The number of hydrogen-bond donors (Lipinski definition) is 1. The van der Waals surface area contributed by atoms with E-state index in [0.717, 1.165) is 36.6 Å². The van der Waals surface area contributed by atoms with Gasteiger partial charge < -0.3 is 9.63 Å². The average Bonchev–Trinajstić information content (AvgIpc) is 2.54. The predicted octanol–water partition coefficient (Wildman–Crippen LogP) is 5.94. The van der Waals surface area contributed by atoms with E-state index in [-0.39, 0.29) is 33.0 Å². The standard InChI is InChI=1S/C15H12ClF3NO6PS/c1-27(23,24)25-8-28-14-7-10(3-4-12(14)20(21)22)26-13-5-2-9(6-11(13)16)15(17,18)19/h2-7H,8H2,1H3,(H,23,24). The number of benzene rings is 2. The molecule has 0 fully saturated rings. The fourth-order valence-electron chi connectivity index (χ4n) is 1.90. The van der Waals surface area contributed by atoms with Crippen LogP contribution in [0, 0.1) is 10.1 Å². The van der Waals surface area contributed by atoms with Crippen molar-refractivity contribution in [2.45, 2.75) is 11.1 Å². The quantitative estimate of drug-likeness (QED) is 0.180. The van der Waals surface area contributed by atoms with Crippen LogP contribution >= 0.6 is 31.0 Å². The summed E-state index contributed by atoms with van der Waals surface area (Å²) in [6, 6.07) is 6.13. The van der Waals surface area contributed by atoms with Crippen molar-refractivity contribution in [3.63, 3.8) is 0 Å². The van der Waals surface area contributed by atoms with Gasteiger partial charge in [0.2, 0.25) is 0 Å². The van der Waals surface area contributed by atoms with Gasteiger partial charge in [0.25, 0.3) is 5.69 Å². The van der Waals surface area contributed by atoms with E-state index in [1.807, 2.05) is 0 Å². The summed E-state index contributed by atoms with van der Waals surface area (Å²) in [6.45, 7) is 0.966. The molecule has 1 unspecified atom stereocenters. The topological polar surface area (TPSA) is 98.9 Å². The first-order valence-corrected chi connectivity index (χ1v) is 10.7. The molecule has 0 amide bonds. The Kier molecular flexibility index (Phi) is 7.00. The van der Waals surface area contributed by atoms with Crippen LogP contribution in [0.25, 0.3) is 0 Å². The molecule has 0 bridgehead atoms. The van der Waals surface area contributed by atoms with E-state index in [0.29, 0.717) is 6.07 Å². The maximum atomic E-state index is 12.7. The van der Waals surface area contributed by atoms with Gasteiger partial charge in [-0.2, -0.15) is 13.2 Å². The lowest BCUT2D eigenvalue weighted by Gasteiger charge is -2.12. The van der Waals surface area contributed by atoms with E-state index in [2.05, 4.69) is 4.52 Å². The van der Waals surface area contributed by atoms with Crippen LogP contribution < -0.4 is 4.74 Å². The Balaban J connectivity index is 2.25. The highest BCUT2D eigenvalue weighted by atomic mass is 35.5. The third-order valence-corrected chi connectivity index (χ3v) is 5.07. The summed E-state index contributed by atoms with van der Waals surface area (Å²) in [4.78, 5) is 19.6. The first-order valence-electron chi connectivity index (χ1n) is 7.27.